The minimum atomic E-state index is -0.231. The van der Waals surface area contributed by atoms with E-state index in [0.29, 0.717) is 11.6 Å². The summed E-state index contributed by atoms with van der Waals surface area (Å²) in [5.41, 5.74) is 0. The Kier molecular flexibility index (Phi) is 3.19. The van der Waals surface area contributed by atoms with Gasteiger partial charge in [0.15, 0.2) is 11.6 Å². The van der Waals surface area contributed by atoms with Crippen molar-refractivity contribution in [3.8, 4) is 0 Å². The van der Waals surface area contributed by atoms with Crippen molar-refractivity contribution >= 4 is 5.78 Å². The first-order valence-corrected chi connectivity index (χ1v) is 3.41. The van der Waals surface area contributed by atoms with Gasteiger partial charge in [-0.05, 0) is 0 Å². The Balaban J connectivity index is 0.000000845. The topological polar surface area (TPSA) is 74.4 Å². The van der Waals surface area contributed by atoms with E-state index in [2.05, 4.69) is 19.9 Å². The number of rotatable bonds is 2. The fourth-order valence-electron chi connectivity index (χ4n) is 0.891. The van der Waals surface area contributed by atoms with Crippen molar-refractivity contribution in [2.45, 2.75) is 0 Å². The Hall–Kier alpha value is -1.17. The molecule has 2 heterocycles. The molecule has 0 aliphatic heterocycles. The molecule has 1 radical (unpaired) electrons. The first-order chi connectivity index (χ1) is 5.88. The Morgan fingerprint density at radius 2 is 1.54 bits per heavy atom. The Morgan fingerprint density at radius 1 is 1.08 bits per heavy atom. The monoisotopic (exact) mass is 359 g/mol. The van der Waals surface area contributed by atoms with Crippen LogP contribution in [0.4, 0.5) is 0 Å². The number of carbonyl (C=O) groups excluding carboxylic acids is 1. The summed E-state index contributed by atoms with van der Waals surface area (Å²) in [4.78, 5) is 24.4. The summed E-state index contributed by atoms with van der Waals surface area (Å²) in [5.74, 6) is 0.361. The van der Waals surface area contributed by atoms with E-state index in [0.717, 1.165) is 0 Å². The molecule has 2 aromatic rings. The maximum atomic E-state index is 11.4. The van der Waals surface area contributed by atoms with Crippen LogP contribution in [0, 0.1) is 0 Å². The summed E-state index contributed by atoms with van der Waals surface area (Å²) in [5, 5.41) is 0. The molecule has 2 aromatic heterocycles. The largest absolute Gasteiger partial charge is 0.342 e. The van der Waals surface area contributed by atoms with Crippen LogP contribution in [0.3, 0.4) is 0 Å². The van der Waals surface area contributed by atoms with Gasteiger partial charge in [0.2, 0.25) is 0 Å². The first kappa shape index (κ1) is 9.91. The van der Waals surface area contributed by atoms with Crippen molar-refractivity contribution in [3.05, 3.63) is 36.4 Å². The van der Waals surface area contributed by atoms with Crippen LogP contribution in [0.15, 0.2) is 24.8 Å². The number of aromatic nitrogens is 4. The molecule has 0 atom stereocenters. The summed E-state index contributed by atoms with van der Waals surface area (Å²) in [6.07, 6.45) is 6.23. The van der Waals surface area contributed by atoms with E-state index in [-0.39, 0.29) is 28.2 Å². The molecule has 0 aliphatic carbocycles. The molecule has 2 N–H and O–H groups in total. The van der Waals surface area contributed by atoms with Gasteiger partial charge in [-0.3, -0.25) is 4.79 Å². The van der Waals surface area contributed by atoms with Gasteiger partial charge in [0.1, 0.15) is 0 Å². The van der Waals surface area contributed by atoms with Gasteiger partial charge in [-0.15, -0.1) is 0 Å². The third kappa shape index (κ3) is 1.95. The van der Waals surface area contributed by atoms with Crippen LogP contribution in [0.1, 0.15) is 16.4 Å². The summed E-state index contributed by atoms with van der Waals surface area (Å²) in [6.45, 7) is 0. The summed E-state index contributed by atoms with van der Waals surface area (Å²) in [7, 11) is 0. The van der Waals surface area contributed by atoms with Gasteiger partial charge < -0.3 is 9.97 Å². The van der Waals surface area contributed by atoms with Crippen molar-refractivity contribution in [2.24, 2.45) is 0 Å². The molecule has 6 heteroatoms. The van der Waals surface area contributed by atoms with E-state index < -0.39 is 0 Å². The van der Waals surface area contributed by atoms with Crippen LogP contribution >= 0.6 is 0 Å². The van der Waals surface area contributed by atoms with Crippen LogP contribution < -0.4 is 0 Å². The number of hydrogen-bond donors (Lipinski definition) is 2. The van der Waals surface area contributed by atoms with E-state index in [1.165, 1.54) is 12.4 Å². The molecule has 0 spiro atoms. The average Bonchev–Trinajstić information content (AvgIpc) is 2.77. The van der Waals surface area contributed by atoms with E-state index in [1.54, 1.807) is 12.4 Å². The van der Waals surface area contributed by atoms with Crippen LogP contribution in [0.25, 0.3) is 0 Å². The molecule has 5 nitrogen and oxygen atoms in total. The van der Waals surface area contributed by atoms with Crippen molar-refractivity contribution in [2.75, 3.05) is 0 Å². The molecule has 0 fully saturated rings. The van der Waals surface area contributed by atoms with Crippen molar-refractivity contribution in [3.63, 3.8) is 0 Å². The molecule has 71 valence electrons. The van der Waals surface area contributed by atoms with Crippen LogP contribution in [-0.2, 0) is 22.4 Å². The minimum absolute atomic E-state index is 0. The normalized spacial score (nSPS) is 9.23. The van der Waals surface area contributed by atoms with Crippen LogP contribution in [-0.4, -0.2) is 25.7 Å². The predicted molar refractivity (Wildman–Crippen MR) is 40.6 cm³/mol. The number of nitrogens with zero attached hydrogens (tertiary/aromatic N) is 2. The zero-order valence-corrected chi connectivity index (χ0v) is 8.58. The molecule has 2 rings (SSSR count). The number of ketones is 1. The molecule has 0 bridgehead atoms. The Morgan fingerprint density at radius 3 is 1.85 bits per heavy atom. The third-order valence-electron chi connectivity index (χ3n) is 1.43. The molecule has 0 saturated carbocycles. The van der Waals surface area contributed by atoms with E-state index in [9.17, 15) is 4.79 Å². The molecule has 0 saturated heterocycles. The van der Waals surface area contributed by atoms with E-state index in [4.69, 9.17) is 0 Å². The number of imidazole rings is 2. The van der Waals surface area contributed by atoms with Crippen LogP contribution in [0.5, 0.6) is 0 Å². The summed E-state index contributed by atoms with van der Waals surface area (Å²) < 4.78 is 0. The van der Waals surface area contributed by atoms with Crippen molar-refractivity contribution in [1.29, 1.82) is 0 Å². The molecule has 0 amide bonds. The number of hydrogen-bond acceptors (Lipinski definition) is 3. The Bertz CT molecular complexity index is 331. The van der Waals surface area contributed by atoms with Gasteiger partial charge in [0.25, 0.3) is 5.78 Å². The Labute approximate surface area is 89.5 Å². The molecule has 0 aromatic carbocycles. The predicted octanol–water partition coefficient (Wildman–Crippen LogP) is 0.361. The average molecular weight is 359 g/mol. The standard InChI is InChI=1S/C7H6N4O.Au/c12-5(6-8-1-2-9-6)7-10-3-4-11-7;/h1-4H,(H,8,9)(H,10,11);. The van der Waals surface area contributed by atoms with Gasteiger partial charge in [0, 0.05) is 47.2 Å². The number of H-pyrrole nitrogens is 2. The number of aromatic amines is 2. The van der Waals surface area contributed by atoms with Gasteiger partial charge in [-0.2, -0.15) is 0 Å². The van der Waals surface area contributed by atoms with Gasteiger partial charge in [-0.1, -0.05) is 0 Å². The number of carbonyl (C=O) groups is 1. The second-order valence-corrected chi connectivity index (χ2v) is 2.20. The maximum Gasteiger partial charge on any atom is 0.263 e. The fraction of sp³-hybridized carbons (Fsp3) is 0. The molecule has 0 aliphatic rings. The van der Waals surface area contributed by atoms with E-state index >= 15 is 0 Å². The second kappa shape index (κ2) is 4.18. The fourth-order valence-corrected chi connectivity index (χ4v) is 0.891. The third-order valence-corrected chi connectivity index (χ3v) is 1.43. The zero-order valence-electron chi connectivity index (χ0n) is 6.41. The van der Waals surface area contributed by atoms with Gasteiger partial charge >= 0.3 is 0 Å². The minimum Gasteiger partial charge on any atom is -0.342 e. The zero-order chi connectivity index (χ0) is 8.39. The van der Waals surface area contributed by atoms with Crippen molar-refractivity contribution < 1.29 is 27.2 Å². The molecular weight excluding hydrogens is 353 g/mol. The maximum absolute atomic E-state index is 11.4. The van der Waals surface area contributed by atoms with Crippen LogP contribution in [0.2, 0.25) is 0 Å². The van der Waals surface area contributed by atoms with E-state index in [1.807, 2.05) is 0 Å². The smallest absolute Gasteiger partial charge is 0.263 e. The number of nitrogens with one attached hydrogen (secondary N) is 2. The van der Waals surface area contributed by atoms with Crippen molar-refractivity contribution in [1.82, 2.24) is 19.9 Å². The SMILES string of the molecule is O=C(c1ncc[nH]1)c1ncc[nH]1.[Au]. The van der Waals surface area contributed by atoms with Gasteiger partial charge in [0.05, 0.1) is 0 Å². The quantitative estimate of drug-likeness (QED) is 0.601. The molecule has 13 heavy (non-hydrogen) atoms. The molecule has 0 unspecified atom stereocenters. The summed E-state index contributed by atoms with van der Waals surface area (Å²) >= 11 is 0. The first-order valence-electron chi connectivity index (χ1n) is 3.41. The molecular formula is C7H6AuN4O. The second-order valence-electron chi connectivity index (χ2n) is 2.20. The van der Waals surface area contributed by atoms with Gasteiger partial charge in [-0.25, -0.2) is 9.97 Å². The summed E-state index contributed by atoms with van der Waals surface area (Å²) in [6, 6.07) is 0.